The number of anilines is 1. The summed E-state index contributed by atoms with van der Waals surface area (Å²) < 4.78 is 39.6. The molecule has 0 radical (unpaired) electrons. The first kappa shape index (κ1) is 14.9. The van der Waals surface area contributed by atoms with Crippen LogP contribution in [0.25, 0.3) is 16.7 Å². The predicted octanol–water partition coefficient (Wildman–Crippen LogP) is 2.79. The van der Waals surface area contributed by atoms with Gasteiger partial charge in [-0.2, -0.15) is 18.3 Å². The lowest BCUT2D eigenvalue weighted by atomic mass is 10.3. The van der Waals surface area contributed by atoms with Crippen molar-refractivity contribution in [3.63, 3.8) is 0 Å². The van der Waals surface area contributed by atoms with Crippen molar-refractivity contribution in [2.75, 3.05) is 5.32 Å². The monoisotopic (exact) mass is 321 g/mol. The average Bonchev–Trinajstić information content (AvgIpc) is 2.89. The first-order valence-electron chi connectivity index (χ1n) is 6.50. The van der Waals surface area contributed by atoms with Gasteiger partial charge in [0.05, 0.1) is 11.7 Å². The molecule has 0 aliphatic rings. The maximum absolute atomic E-state index is 12.8. The van der Waals surface area contributed by atoms with Crippen LogP contribution in [0.3, 0.4) is 0 Å². The smallest absolute Gasteiger partial charge is 0.311 e. The van der Waals surface area contributed by atoms with Gasteiger partial charge in [-0.05, 0) is 12.1 Å². The molecule has 0 aromatic carbocycles. The number of pyridine rings is 2. The van der Waals surface area contributed by atoms with Crippen LogP contribution in [0.1, 0.15) is 12.6 Å². The molecule has 0 aliphatic carbocycles. The van der Waals surface area contributed by atoms with Gasteiger partial charge in [0.2, 0.25) is 5.91 Å². The van der Waals surface area contributed by atoms with Crippen molar-refractivity contribution in [2.24, 2.45) is 0 Å². The fraction of sp³-hybridized carbons (Fsp3) is 0.143. The fourth-order valence-electron chi connectivity index (χ4n) is 2.05. The third kappa shape index (κ3) is 2.98. The molecule has 0 unspecified atom stereocenters. The Bertz CT molecular complexity index is 887. The number of nitrogens with one attached hydrogen (secondary N) is 1. The van der Waals surface area contributed by atoms with Crippen molar-refractivity contribution >= 4 is 22.6 Å². The Labute approximate surface area is 128 Å². The molecule has 0 atom stereocenters. The van der Waals surface area contributed by atoms with Crippen LogP contribution in [-0.2, 0) is 11.0 Å². The van der Waals surface area contributed by atoms with E-state index in [0.717, 1.165) is 6.07 Å². The number of halogens is 3. The Kier molecular flexibility index (Phi) is 3.47. The number of fused-ring (bicyclic) bond motifs is 1. The van der Waals surface area contributed by atoms with E-state index in [-0.39, 0.29) is 17.5 Å². The van der Waals surface area contributed by atoms with Gasteiger partial charge in [-0.3, -0.25) is 4.79 Å². The highest BCUT2D eigenvalue weighted by molar-refractivity contribution is 5.90. The summed E-state index contributed by atoms with van der Waals surface area (Å²) in [4.78, 5) is 18.7. The molecule has 3 rings (SSSR count). The van der Waals surface area contributed by atoms with Crippen LogP contribution in [0, 0.1) is 0 Å². The van der Waals surface area contributed by atoms with Crippen LogP contribution in [0.15, 0.2) is 36.7 Å². The largest absolute Gasteiger partial charge is 0.433 e. The fourth-order valence-corrected chi connectivity index (χ4v) is 2.05. The number of rotatable bonds is 2. The minimum atomic E-state index is -4.54. The third-order valence-corrected chi connectivity index (χ3v) is 3.00. The summed E-state index contributed by atoms with van der Waals surface area (Å²) in [5.74, 6) is -0.00589. The van der Waals surface area contributed by atoms with E-state index in [0.29, 0.717) is 10.9 Å². The summed E-state index contributed by atoms with van der Waals surface area (Å²) in [6, 6.07) is 5.08. The lowest BCUT2D eigenvalue weighted by molar-refractivity contribution is -0.141. The standard InChI is InChI=1S/C14H10F3N5O/c1-8(23)20-12-5-10-9(6-18-12)7-19-22(10)13-4-2-3-11(21-13)14(15,16)17/h2-7H,1H3,(H,18,20,23). The van der Waals surface area contributed by atoms with E-state index in [1.54, 1.807) is 0 Å². The van der Waals surface area contributed by atoms with Crippen LogP contribution in [0.5, 0.6) is 0 Å². The van der Waals surface area contributed by atoms with Gasteiger partial charge in [0.25, 0.3) is 0 Å². The summed E-state index contributed by atoms with van der Waals surface area (Å²) in [6.07, 6.45) is -1.61. The van der Waals surface area contributed by atoms with Gasteiger partial charge in [0, 0.05) is 24.6 Å². The zero-order valence-corrected chi connectivity index (χ0v) is 11.8. The van der Waals surface area contributed by atoms with E-state index in [9.17, 15) is 18.0 Å². The molecule has 1 amide bonds. The molecule has 118 valence electrons. The van der Waals surface area contributed by atoms with Gasteiger partial charge >= 0.3 is 6.18 Å². The minimum Gasteiger partial charge on any atom is -0.311 e. The molecular weight excluding hydrogens is 311 g/mol. The Balaban J connectivity index is 2.11. The maximum atomic E-state index is 12.8. The number of carbonyl (C=O) groups excluding carboxylic acids is 1. The summed E-state index contributed by atoms with van der Waals surface area (Å²) >= 11 is 0. The molecular formula is C14H10F3N5O. The lowest BCUT2D eigenvalue weighted by Gasteiger charge is -2.08. The van der Waals surface area contributed by atoms with Crippen molar-refractivity contribution in [1.29, 1.82) is 0 Å². The molecule has 3 aromatic rings. The highest BCUT2D eigenvalue weighted by Crippen LogP contribution is 2.28. The van der Waals surface area contributed by atoms with E-state index in [4.69, 9.17) is 0 Å². The van der Waals surface area contributed by atoms with Crippen LogP contribution >= 0.6 is 0 Å². The van der Waals surface area contributed by atoms with Gasteiger partial charge < -0.3 is 5.32 Å². The molecule has 0 aliphatic heterocycles. The number of amides is 1. The SMILES string of the molecule is CC(=O)Nc1cc2c(cn1)cnn2-c1cccc(C(F)(F)F)n1. The number of hydrogen-bond acceptors (Lipinski definition) is 4. The first-order chi connectivity index (χ1) is 10.8. The summed E-state index contributed by atoms with van der Waals surface area (Å²) in [6.45, 7) is 1.33. The van der Waals surface area contributed by atoms with E-state index < -0.39 is 11.9 Å². The zero-order valence-electron chi connectivity index (χ0n) is 11.8. The van der Waals surface area contributed by atoms with Crippen LogP contribution in [0.2, 0.25) is 0 Å². The Morgan fingerprint density at radius 3 is 2.74 bits per heavy atom. The van der Waals surface area contributed by atoms with E-state index in [2.05, 4.69) is 20.4 Å². The third-order valence-electron chi connectivity index (χ3n) is 3.00. The molecule has 9 heteroatoms. The minimum absolute atomic E-state index is 0.0230. The molecule has 3 heterocycles. The number of aromatic nitrogens is 4. The molecule has 6 nitrogen and oxygen atoms in total. The van der Waals surface area contributed by atoms with Gasteiger partial charge in [0.15, 0.2) is 5.82 Å². The van der Waals surface area contributed by atoms with Gasteiger partial charge in [0.1, 0.15) is 11.5 Å². The van der Waals surface area contributed by atoms with Crippen LogP contribution in [-0.4, -0.2) is 25.7 Å². The second-order valence-corrected chi connectivity index (χ2v) is 4.74. The number of nitrogens with zero attached hydrogens (tertiary/aromatic N) is 4. The van der Waals surface area contributed by atoms with Crippen molar-refractivity contribution in [2.45, 2.75) is 13.1 Å². The van der Waals surface area contributed by atoms with Crippen molar-refractivity contribution in [1.82, 2.24) is 19.7 Å². The van der Waals surface area contributed by atoms with Crippen molar-refractivity contribution < 1.29 is 18.0 Å². The van der Waals surface area contributed by atoms with Crippen LogP contribution < -0.4 is 5.32 Å². The van der Waals surface area contributed by atoms with Crippen LogP contribution in [0.4, 0.5) is 19.0 Å². The van der Waals surface area contributed by atoms with Gasteiger partial charge in [-0.15, -0.1) is 0 Å². The Morgan fingerprint density at radius 1 is 1.26 bits per heavy atom. The molecule has 0 fully saturated rings. The number of hydrogen-bond donors (Lipinski definition) is 1. The maximum Gasteiger partial charge on any atom is 0.433 e. The number of alkyl halides is 3. The van der Waals surface area contributed by atoms with Crippen molar-refractivity contribution in [3.8, 4) is 5.82 Å². The van der Waals surface area contributed by atoms with E-state index in [1.165, 1.54) is 42.2 Å². The molecule has 0 bridgehead atoms. The van der Waals surface area contributed by atoms with Crippen molar-refractivity contribution in [3.05, 3.63) is 42.4 Å². The summed E-state index contributed by atoms with van der Waals surface area (Å²) in [7, 11) is 0. The van der Waals surface area contributed by atoms with Gasteiger partial charge in [-0.1, -0.05) is 6.07 Å². The van der Waals surface area contributed by atoms with E-state index in [1.807, 2.05) is 0 Å². The number of carbonyl (C=O) groups is 1. The second kappa shape index (κ2) is 5.34. The first-order valence-corrected chi connectivity index (χ1v) is 6.50. The van der Waals surface area contributed by atoms with Gasteiger partial charge in [-0.25, -0.2) is 14.6 Å². The molecule has 3 aromatic heterocycles. The quantitative estimate of drug-likeness (QED) is 0.788. The molecule has 0 spiro atoms. The Hall–Kier alpha value is -2.97. The molecule has 0 saturated heterocycles. The average molecular weight is 321 g/mol. The molecule has 0 saturated carbocycles. The predicted molar refractivity (Wildman–Crippen MR) is 76.0 cm³/mol. The highest BCUT2D eigenvalue weighted by atomic mass is 19.4. The Morgan fingerprint density at radius 2 is 2.04 bits per heavy atom. The second-order valence-electron chi connectivity index (χ2n) is 4.74. The van der Waals surface area contributed by atoms with E-state index >= 15 is 0 Å². The normalized spacial score (nSPS) is 11.7. The molecule has 23 heavy (non-hydrogen) atoms. The lowest BCUT2D eigenvalue weighted by Crippen LogP contribution is -2.11. The topological polar surface area (TPSA) is 72.7 Å². The summed E-state index contributed by atoms with van der Waals surface area (Å²) in [5.41, 5.74) is -0.523. The summed E-state index contributed by atoms with van der Waals surface area (Å²) in [5, 5.41) is 7.16. The highest BCUT2D eigenvalue weighted by Gasteiger charge is 2.32. The molecule has 1 N–H and O–H groups in total. The zero-order chi connectivity index (χ0) is 16.6.